The summed E-state index contributed by atoms with van der Waals surface area (Å²) in [6.45, 7) is 2.39. The summed E-state index contributed by atoms with van der Waals surface area (Å²) >= 11 is 0. The third-order valence-electron chi connectivity index (χ3n) is 4.97. The lowest BCUT2D eigenvalue weighted by molar-refractivity contribution is 0.0753. The first kappa shape index (κ1) is 15.7. The molecule has 1 N–H and O–H groups in total. The van der Waals surface area contributed by atoms with Crippen LogP contribution in [-0.2, 0) is 19.4 Å². The van der Waals surface area contributed by atoms with Crippen molar-refractivity contribution in [3.05, 3.63) is 46.5 Å². The van der Waals surface area contributed by atoms with Crippen LogP contribution in [0.5, 0.6) is 5.75 Å². The van der Waals surface area contributed by atoms with Crippen LogP contribution in [-0.4, -0.2) is 35.2 Å². The average molecular weight is 339 g/mol. The zero-order valence-electron chi connectivity index (χ0n) is 14.7. The van der Waals surface area contributed by atoms with E-state index >= 15 is 0 Å². The number of rotatable bonds is 4. The molecule has 0 unspecified atom stereocenters. The van der Waals surface area contributed by atoms with E-state index in [0.717, 1.165) is 35.9 Å². The van der Waals surface area contributed by atoms with Crippen LogP contribution in [0.2, 0.25) is 0 Å². The molecule has 0 aliphatic heterocycles. The quantitative estimate of drug-likeness (QED) is 0.792. The highest BCUT2D eigenvalue weighted by Gasteiger charge is 2.24. The highest BCUT2D eigenvalue weighted by molar-refractivity contribution is 5.99. The number of amides is 1. The highest BCUT2D eigenvalue weighted by Crippen LogP contribution is 2.30. The van der Waals surface area contributed by atoms with E-state index in [1.807, 2.05) is 19.1 Å². The molecule has 1 aliphatic rings. The van der Waals surface area contributed by atoms with E-state index in [1.54, 1.807) is 25.1 Å². The number of ether oxygens (including phenoxy) is 1. The van der Waals surface area contributed by atoms with Gasteiger partial charge in [-0.15, -0.1) is 0 Å². The van der Waals surface area contributed by atoms with Crippen LogP contribution in [0.1, 0.15) is 39.5 Å². The zero-order valence-corrected chi connectivity index (χ0v) is 14.7. The van der Waals surface area contributed by atoms with Gasteiger partial charge < -0.3 is 14.1 Å². The van der Waals surface area contributed by atoms with E-state index in [0.29, 0.717) is 23.6 Å². The maximum atomic E-state index is 12.9. The molecule has 0 bridgehead atoms. The minimum absolute atomic E-state index is 0.137. The predicted molar refractivity (Wildman–Crippen MR) is 93.9 cm³/mol. The van der Waals surface area contributed by atoms with Crippen LogP contribution in [0, 0.1) is 6.92 Å². The number of nitrogens with one attached hydrogen (secondary N) is 1. The Morgan fingerprint density at radius 2 is 2.24 bits per heavy atom. The summed E-state index contributed by atoms with van der Waals surface area (Å²) < 4.78 is 11.1. The topological polar surface area (TPSA) is 71.4 Å². The summed E-state index contributed by atoms with van der Waals surface area (Å²) in [5, 5.41) is 8.40. The van der Waals surface area contributed by atoms with Gasteiger partial charge in [0, 0.05) is 29.8 Å². The molecule has 130 valence electrons. The van der Waals surface area contributed by atoms with Gasteiger partial charge in [-0.25, -0.2) is 0 Å². The predicted octanol–water partition coefficient (Wildman–Crippen LogP) is 3.23. The summed E-state index contributed by atoms with van der Waals surface area (Å²) in [7, 11) is 3.39. The minimum atomic E-state index is -0.137. The van der Waals surface area contributed by atoms with Gasteiger partial charge in [0.2, 0.25) is 0 Å². The molecule has 0 saturated carbocycles. The molecule has 3 aromatic rings. The van der Waals surface area contributed by atoms with Crippen LogP contribution >= 0.6 is 0 Å². The zero-order chi connectivity index (χ0) is 17.6. The Kier molecular flexibility index (Phi) is 3.75. The Morgan fingerprint density at radius 3 is 3.04 bits per heavy atom. The van der Waals surface area contributed by atoms with Crippen LogP contribution in [0.3, 0.4) is 0 Å². The van der Waals surface area contributed by atoms with Crippen LogP contribution in [0.15, 0.2) is 22.6 Å². The molecule has 6 heteroatoms. The summed E-state index contributed by atoms with van der Waals surface area (Å²) in [4.78, 5) is 14.5. The smallest absolute Gasteiger partial charge is 0.289 e. The standard InChI is InChI=1S/C19H21N3O3/c1-11-13-8-7-12(24-3)9-17(13)25-18(11)19(23)22(2)10-16-14-5-4-6-15(14)20-21-16/h7-9H,4-6,10H2,1-3H3,(H,20,21). The Morgan fingerprint density at radius 1 is 1.40 bits per heavy atom. The lowest BCUT2D eigenvalue weighted by atomic mass is 10.1. The number of furan rings is 1. The molecule has 0 saturated heterocycles. The molecule has 25 heavy (non-hydrogen) atoms. The van der Waals surface area contributed by atoms with Crippen molar-refractivity contribution in [2.24, 2.45) is 0 Å². The fraction of sp³-hybridized carbons (Fsp3) is 0.368. The van der Waals surface area contributed by atoms with Gasteiger partial charge in [-0.3, -0.25) is 9.89 Å². The lowest BCUT2D eigenvalue weighted by Crippen LogP contribution is -2.27. The van der Waals surface area contributed by atoms with Gasteiger partial charge in [0.05, 0.1) is 19.3 Å². The van der Waals surface area contributed by atoms with Crippen molar-refractivity contribution in [2.75, 3.05) is 14.2 Å². The first-order chi connectivity index (χ1) is 12.1. The first-order valence-electron chi connectivity index (χ1n) is 8.46. The lowest BCUT2D eigenvalue weighted by Gasteiger charge is -2.15. The number of H-pyrrole nitrogens is 1. The summed E-state index contributed by atoms with van der Waals surface area (Å²) in [6.07, 6.45) is 3.23. The van der Waals surface area contributed by atoms with E-state index < -0.39 is 0 Å². The number of fused-ring (bicyclic) bond motifs is 2. The molecule has 0 radical (unpaired) electrons. The molecule has 1 aromatic carbocycles. The molecule has 0 fully saturated rings. The normalized spacial score (nSPS) is 13.2. The Labute approximate surface area is 145 Å². The van der Waals surface area contributed by atoms with Crippen molar-refractivity contribution < 1.29 is 13.9 Å². The second-order valence-corrected chi connectivity index (χ2v) is 6.56. The Balaban J connectivity index is 1.61. The van der Waals surface area contributed by atoms with Crippen molar-refractivity contribution in [1.29, 1.82) is 0 Å². The monoisotopic (exact) mass is 339 g/mol. The number of carbonyl (C=O) groups is 1. The van der Waals surface area contributed by atoms with E-state index in [1.165, 1.54) is 11.3 Å². The molecule has 4 rings (SSSR count). The molecular weight excluding hydrogens is 318 g/mol. The fourth-order valence-corrected chi connectivity index (χ4v) is 3.53. The molecule has 6 nitrogen and oxygen atoms in total. The molecule has 2 aromatic heterocycles. The molecule has 1 aliphatic carbocycles. The van der Waals surface area contributed by atoms with Gasteiger partial charge in [0.25, 0.3) is 5.91 Å². The molecule has 0 spiro atoms. The van der Waals surface area contributed by atoms with Crippen molar-refractivity contribution in [3.8, 4) is 5.75 Å². The van der Waals surface area contributed by atoms with Gasteiger partial charge in [0.15, 0.2) is 5.76 Å². The van der Waals surface area contributed by atoms with E-state index in [9.17, 15) is 4.79 Å². The fourth-order valence-electron chi connectivity index (χ4n) is 3.53. The van der Waals surface area contributed by atoms with Gasteiger partial charge in [-0.05, 0) is 43.9 Å². The highest BCUT2D eigenvalue weighted by atomic mass is 16.5. The van der Waals surface area contributed by atoms with E-state index in [-0.39, 0.29) is 5.91 Å². The van der Waals surface area contributed by atoms with Gasteiger partial charge in [0.1, 0.15) is 11.3 Å². The maximum Gasteiger partial charge on any atom is 0.289 e. The number of hydrogen-bond acceptors (Lipinski definition) is 4. The Hall–Kier alpha value is -2.76. The van der Waals surface area contributed by atoms with E-state index in [4.69, 9.17) is 9.15 Å². The maximum absolute atomic E-state index is 12.9. The summed E-state index contributed by atoms with van der Waals surface area (Å²) in [6, 6.07) is 5.60. The second-order valence-electron chi connectivity index (χ2n) is 6.56. The first-order valence-corrected chi connectivity index (χ1v) is 8.46. The second kappa shape index (κ2) is 5.95. The number of aryl methyl sites for hydroxylation is 2. The van der Waals surface area contributed by atoms with Crippen molar-refractivity contribution >= 4 is 16.9 Å². The number of carbonyl (C=O) groups excluding carboxylic acids is 1. The Bertz CT molecular complexity index is 954. The van der Waals surface area contributed by atoms with Gasteiger partial charge in [-0.1, -0.05) is 0 Å². The summed E-state index contributed by atoms with van der Waals surface area (Å²) in [5.74, 6) is 0.945. The number of nitrogens with zero attached hydrogens (tertiary/aromatic N) is 2. The number of hydrogen-bond donors (Lipinski definition) is 1. The van der Waals surface area contributed by atoms with Gasteiger partial charge >= 0.3 is 0 Å². The molecular formula is C19H21N3O3. The number of aromatic nitrogens is 2. The van der Waals surface area contributed by atoms with E-state index in [2.05, 4.69) is 10.2 Å². The molecule has 0 atom stereocenters. The number of methoxy groups -OCH3 is 1. The largest absolute Gasteiger partial charge is 0.497 e. The molecule has 1 amide bonds. The third-order valence-corrected chi connectivity index (χ3v) is 4.97. The number of aromatic amines is 1. The summed E-state index contributed by atoms with van der Waals surface area (Å²) in [5.41, 5.74) is 4.95. The van der Waals surface area contributed by atoms with Crippen molar-refractivity contribution in [1.82, 2.24) is 15.1 Å². The minimum Gasteiger partial charge on any atom is -0.497 e. The number of benzene rings is 1. The van der Waals surface area contributed by atoms with Crippen molar-refractivity contribution in [3.63, 3.8) is 0 Å². The van der Waals surface area contributed by atoms with Gasteiger partial charge in [-0.2, -0.15) is 5.10 Å². The average Bonchev–Trinajstić information content (AvgIpc) is 3.30. The van der Waals surface area contributed by atoms with Crippen LogP contribution in [0.4, 0.5) is 0 Å². The SMILES string of the molecule is COc1ccc2c(C)c(C(=O)N(C)Cc3n[nH]c4c3CCC4)oc2c1. The third kappa shape index (κ3) is 2.58. The van der Waals surface area contributed by atoms with Crippen molar-refractivity contribution in [2.45, 2.75) is 32.7 Å². The van der Waals surface area contributed by atoms with Crippen LogP contribution in [0.25, 0.3) is 11.0 Å². The van der Waals surface area contributed by atoms with Crippen LogP contribution < -0.4 is 4.74 Å². The molecule has 2 heterocycles.